The van der Waals surface area contributed by atoms with Crippen molar-refractivity contribution in [3.8, 4) is 11.5 Å². The van der Waals surface area contributed by atoms with E-state index in [2.05, 4.69) is 10.3 Å². The van der Waals surface area contributed by atoms with E-state index in [-0.39, 0.29) is 37.1 Å². The number of nitrogens with one attached hydrogen (secondary N) is 1. The number of aromatic hydroxyl groups is 1. The Bertz CT molecular complexity index is 1220. The third-order valence-corrected chi connectivity index (χ3v) is 5.48. The Balaban J connectivity index is 2.22. The number of ether oxygens (including phenoxy) is 1. The molecule has 14 heteroatoms. The standard InChI is InChI=1S/C24H27N3O11/c1-11-6-18(28)19(38-24(37)14(25)2-3-20(29)30)10-13(11)9-15(21(31)32)26-5-4-12-7-16(22(33)34)27-17(8-12)23(35)36/h4-7,10,14-15,17,27-28H,2-3,8-9,25H2,1H3,(H,29,30)(H,31,32)(H,33,34)(H,35,36)/b12-4-,26-5?/t14-,15-,17?/m0/s1. The molecule has 204 valence electrons. The van der Waals surface area contributed by atoms with Gasteiger partial charge in [-0.2, -0.15) is 0 Å². The topological polar surface area (TPSA) is 246 Å². The minimum Gasteiger partial charge on any atom is -0.504 e. The number of carbonyl (C=O) groups excluding carboxylic acids is 1. The van der Waals surface area contributed by atoms with Crippen molar-refractivity contribution < 1.29 is 54.2 Å². The molecule has 0 aromatic heterocycles. The maximum Gasteiger partial charge on any atom is 0.351 e. The molecule has 0 radical (unpaired) electrons. The molecule has 0 bridgehead atoms. The van der Waals surface area contributed by atoms with Crippen LogP contribution in [0, 0.1) is 6.92 Å². The number of allylic oxidation sites excluding steroid dienone is 2. The van der Waals surface area contributed by atoms with Crippen molar-refractivity contribution >= 4 is 36.1 Å². The van der Waals surface area contributed by atoms with Crippen LogP contribution >= 0.6 is 0 Å². The van der Waals surface area contributed by atoms with Gasteiger partial charge in [-0.05, 0) is 54.3 Å². The lowest BCUT2D eigenvalue weighted by Crippen LogP contribution is -2.41. The molecular weight excluding hydrogens is 506 g/mol. The van der Waals surface area contributed by atoms with E-state index in [1.807, 2.05) is 0 Å². The molecule has 2 rings (SSSR count). The number of nitrogens with two attached hydrogens (primary N) is 1. The monoisotopic (exact) mass is 533 g/mol. The molecule has 0 saturated heterocycles. The number of aryl methyl sites for hydroxylation is 1. The molecule has 1 aromatic rings. The van der Waals surface area contributed by atoms with Crippen molar-refractivity contribution in [2.24, 2.45) is 10.7 Å². The Morgan fingerprint density at radius 1 is 1.18 bits per heavy atom. The number of carbonyl (C=O) groups is 5. The number of phenolic OH excluding ortho intramolecular Hbond substituents is 1. The van der Waals surface area contributed by atoms with E-state index in [1.165, 1.54) is 24.3 Å². The van der Waals surface area contributed by atoms with Crippen LogP contribution in [0.5, 0.6) is 11.5 Å². The molecule has 0 amide bonds. The van der Waals surface area contributed by atoms with Crippen LogP contribution in [-0.2, 0) is 30.4 Å². The zero-order chi connectivity index (χ0) is 28.6. The summed E-state index contributed by atoms with van der Waals surface area (Å²) in [4.78, 5) is 61.2. The first-order valence-electron chi connectivity index (χ1n) is 11.2. The summed E-state index contributed by atoms with van der Waals surface area (Å²) in [5.41, 5.74) is 6.42. The first-order chi connectivity index (χ1) is 17.8. The summed E-state index contributed by atoms with van der Waals surface area (Å²) in [5, 5.41) is 49.2. The molecule has 0 fully saturated rings. The van der Waals surface area contributed by atoms with Crippen molar-refractivity contribution in [1.29, 1.82) is 0 Å². The fourth-order valence-electron chi connectivity index (χ4n) is 3.40. The van der Waals surface area contributed by atoms with Crippen molar-refractivity contribution in [2.75, 3.05) is 0 Å². The Morgan fingerprint density at radius 3 is 2.45 bits per heavy atom. The third-order valence-electron chi connectivity index (χ3n) is 5.48. The van der Waals surface area contributed by atoms with Crippen molar-refractivity contribution in [2.45, 2.75) is 50.7 Å². The normalized spacial score (nSPS) is 17.8. The summed E-state index contributed by atoms with van der Waals surface area (Å²) >= 11 is 0. The van der Waals surface area contributed by atoms with Crippen molar-refractivity contribution in [1.82, 2.24) is 5.32 Å². The number of esters is 1. The molecule has 1 unspecified atom stereocenters. The van der Waals surface area contributed by atoms with Gasteiger partial charge in [-0.15, -0.1) is 0 Å². The molecule has 8 N–H and O–H groups in total. The molecule has 0 aliphatic carbocycles. The highest BCUT2D eigenvalue weighted by Gasteiger charge is 2.26. The van der Waals surface area contributed by atoms with Crippen LogP contribution in [0.4, 0.5) is 0 Å². The van der Waals surface area contributed by atoms with E-state index >= 15 is 0 Å². The Hall–Kier alpha value is -4.72. The Kier molecular flexibility index (Phi) is 10.1. The zero-order valence-electron chi connectivity index (χ0n) is 20.2. The van der Waals surface area contributed by atoms with Crippen LogP contribution in [0.2, 0.25) is 0 Å². The molecule has 0 spiro atoms. The van der Waals surface area contributed by atoms with Gasteiger partial charge in [0.05, 0.1) is 0 Å². The maximum absolute atomic E-state index is 12.2. The second-order valence-electron chi connectivity index (χ2n) is 8.41. The lowest BCUT2D eigenvalue weighted by Gasteiger charge is -2.21. The van der Waals surface area contributed by atoms with Gasteiger partial charge in [0.1, 0.15) is 17.8 Å². The zero-order valence-corrected chi connectivity index (χ0v) is 20.2. The number of carboxylic acids is 4. The first kappa shape index (κ1) is 29.5. The maximum atomic E-state index is 12.2. The van der Waals surface area contributed by atoms with E-state index in [0.29, 0.717) is 16.7 Å². The molecule has 1 heterocycles. The molecule has 38 heavy (non-hydrogen) atoms. The highest BCUT2D eigenvalue weighted by atomic mass is 16.5. The van der Waals surface area contributed by atoms with Gasteiger partial charge in [-0.1, -0.05) is 0 Å². The number of aliphatic carboxylic acids is 4. The molecule has 14 nitrogen and oxygen atoms in total. The van der Waals surface area contributed by atoms with Gasteiger partial charge < -0.3 is 41.3 Å². The fraction of sp³-hybridized carbons (Fsp3) is 0.333. The van der Waals surface area contributed by atoms with Gasteiger partial charge in [-0.3, -0.25) is 9.79 Å². The number of hydrogen-bond donors (Lipinski definition) is 7. The third kappa shape index (κ3) is 8.44. The number of hydrogen-bond acceptors (Lipinski definition) is 10. The molecular formula is C24H27N3O11. The van der Waals surface area contributed by atoms with Crippen LogP contribution in [0.3, 0.4) is 0 Å². The number of carboxylic acid groups (broad SMARTS) is 4. The SMILES string of the molecule is Cc1cc(O)c(OC(=O)[C@@H](N)CCC(=O)O)cc1C[C@H](N=C/C=C1/C=C(C(=O)O)NC(C(=O)O)C1)C(=O)O. The number of nitrogens with zero attached hydrogens (tertiary/aromatic N) is 1. The summed E-state index contributed by atoms with van der Waals surface area (Å²) in [7, 11) is 0. The summed E-state index contributed by atoms with van der Waals surface area (Å²) in [6.07, 6.45) is 2.86. The van der Waals surface area contributed by atoms with Gasteiger partial charge in [0, 0.05) is 25.5 Å². The number of phenols is 1. The number of rotatable bonds is 12. The molecule has 3 atom stereocenters. The second-order valence-corrected chi connectivity index (χ2v) is 8.41. The number of benzene rings is 1. The molecule has 1 aliphatic heterocycles. The van der Waals surface area contributed by atoms with Crippen molar-refractivity contribution in [3.05, 3.63) is 46.7 Å². The summed E-state index contributed by atoms with van der Waals surface area (Å²) in [5.74, 6) is -6.76. The van der Waals surface area contributed by atoms with Gasteiger partial charge in [0.2, 0.25) is 0 Å². The average molecular weight is 533 g/mol. The summed E-state index contributed by atoms with van der Waals surface area (Å²) in [6, 6.07) is -1.27. The van der Waals surface area contributed by atoms with Crippen LogP contribution in [0.1, 0.15) is 30.4 Å². The van der Waals surface area contributed by atoms with Crippen LogP contribution < -0.4 is 15.8 Å². The molecule has 0 saturated carbocycles. The van der Waals surface area contributed by atoms with Gasteiger partial charge >= 0.3 is 29.8 Å². The van der Waals surface area contributed by atoms with E-state index in [0.717, 1.165) is 6.21 Å². The quantitative estimate of drug-likeness (QED) is 0.108. The Labute approximate surface area is 215 Å². The lowest BCUT2D eigenvalue weighted by molar-refractivity contribution is -0.140. The van der Waals surface area contributed by atoms with Crippen LogP contribution in [-0.4, -0.2) is 79.7 Å². The highest BCUT2D eigenvalue weighted by molar-refractivity contribution is 5.90. The minimum absolute atomic E-state index is 0.0593. The lowest BCUT2D eigenvalue weighted by atomic mass is 9.99. The number of aliphatic imine (C=N–C) groups is 1. The molecule has 1 aliphatic rings. The summed E-state index contributed by atoms with van der Waals surface area (Å²) in [6.45, 7) is 1.59. The Morgan fingerprint density at radius 2 is 1.87 bits per heavy atom. The van der Waals surface area contributed by atoms with E-state index in [9.17, 15) is 39.3 Å². The predicted molar refractivity (Wildman–Crippen MR) is 130 cm³/mol. The van der Waals surface area contributed by atoms with Crippen LogP contribution in [0.25, 0.3) is 0 Å². The minimum atomic E-state index is -1.36. The van der Waals surface area contributed by atoms with E-state index in [1.54, 1.807) is 6.92 Å². The van der Waals surface area contributed by atoms with Gasteiger partial charge in [-0.25, -0.2) is 19.2 Å². The van der Waals surface area contributed by atoms with Crippen LogP contribution in [0.15, 0.2) is 40.5 Å². The fourth-order valence-corrected chi connectivity index (χ4v) is 3.40. The van der Waals surface area contributed by atoms with E-state index in [4.69, 9.17) is 20.7 Å². The largest absolute Gasteiger partial charge is 0.504 e. The molecule has 1 aromatic carbocycles. The predicted octanol–water partition coefficient (Wildman–Crippen LogP) is 0.206. The van der Waals surface area contributed by atoms with Gasteiger partial charge in [0.15, 0.2) is 17.5 Å². The van der Waals surface area contributed by atoms with E-state index < -0.39 is 53.7 Å². The van der Waals surface area contributed by atoms with Crippen molar-refractivity contribution in [3.63, 3.8) is 0 Å². The smallest absolute Gasteiger partial charge is 0.351 e. The highest BCUT2D eigenvalue weighted by Crippen LogP contribution is 2.31. The second kappa shape index (κ2) is 13.0. The average Bonchev–Trinajstić information content (AvgIpc) is 2.83. The first-order valence-corrected chi connectivity index (χ1v) is 11.2. The summed E-state index contributed by atoms with van der Waals surface area (Å²) < 4.78 is 5.09. The van der Waals surface area contributed by atoms with Gasteiger partial charge in [0.25, 0.3) is 0 Å².